The van der Waals surface area contributed by atoms with Gasteiger partial charge < -0.3 is 10.3 Å². The largest absolute Gasteiger partial charge is 0.352 e. The number of carbonyl (C=O) groups is 1. The fourth-order valence-electron chi connectivity index (χ4n) is 3.69. The molecular formula is C20H23N3O2S3. The third-order valence-electron chi connectivity index (χ3n) is 5.21. The Morgan fingerprint density at radius 2 is 2.21 bits per heavy atom. The van der Waals surface area contributed by atoms with E-state index in [-0.39, 0.29) is 11.5 Å². The lowest BCUT2D eigenvalue weighted by atomic mass is 9.86. The first-order valence-corrected chi connectivity index (χ1v) is 12.4. The molecule has 1 saturated carbocycles. The van der Waals surface area contributed by atoms with E-state index in [1.54, 1.807) is 11.3 Å². The number of thioether (sulfide) groups is 1. The molecule has 3 aromatic heterocycles. The van der Waals surface area contributed by atoms with Crippen LogP contribution in [0.2, 0.25) is 0 Å². The third kappa shape index (κ3) is 4.34. The molecule has 148 valence electrons. The molecule has 3 heterocycles. The Labute approximate surface area is 176 Å². The van der Waals surface area contributed by atoms with E-state index in [0.29, 0.717) is 34.7 Å². The summed E-state index contributed by atoms with van der Waals surface area (Å²) in [5.41, 5.74) is 0.842. The molecule has 3 aromatic rings. The summed E-state index contributed by atoms with van der Waals surface area (Å²) >= 11 is 4.60. The molecule has 4 rings (SSSR count). The van der Waals surface area contributed by atoms with Gasteiger partial charge in [0.15, 0.2) is 0 Å². The maximum atomic E-state index is 12.6. The zero-order valence-corrected chi connectivity index (χ0v) is 18.1. The van der Waals surface area contributed by atoms with Gasteiger partial charge in [-0.1, -0.05) is 25.8 Å². The Balaban J connectivity index is 1.37. The summed E-state index contributed by atoms with van der Waals surface area (Å²) < 4.78 is 0. The summed E-state index contributed by atoms with van der Waals surface area (Å²) in [5, 5.41) is 7.82. The van der Waals surface area contributed by atoms with Crippen LogP contribution in [0.25, 0.3) is 20.7 Å². The molecule has 1 aliphatic carbocycles. The second-order valence-electron chi connectivity index (χ2n) is 7.25. The molecule has 2 N–H and O–H groups in total. The van der Waals surface area contributed by atoms with Crippen molar-refractivity contribution in [2.75, 3.05) is 5.75 Å². The van der Waals surface area contributed by atoms with Gasteiger partial charge in [0, 0.05) is 21.9 Å². The van der Waals surface area contributed by atoms with Crippen LogP contribution in [0, 0.1) is 5.92 Å². The van der Waals surface area contributed by atoms with Crippen molar-refractivity contribution in [2.45, 2.75) is 44.4 Å². The average molecular weight is 434 g/mol. The zero-order chi connectivity index (χ0) is 19.5. The molecule has 1 aliphatic rings. The number of nitrogens with one attached hydrogen (secondary N) is 2. The molecule has 2 atom stereocenters. The van der Waals surface area contributed by atoms with E-state index in [1.165, 1.54) is 42.4 Å². The molecular weight excluding hydrogens is 410 g/mol. The average Bonchev–Trinajstić information content (AvgIpc) is 3.33. The minimum atomic E-state index is -0.106. The smallest absolute Gasteiger partial charge is 0.260 e. The number of hydrogen-bond donors (Lipinski definition) is 2. The quantitative estimate of drug-likeness (QED) is 0.594. The van der Waals surface area contributed by atoms with Crippen LogP contribution in [0.1, 0.15) is 38.4 Å². The van der Waals surface area contributed by atoms with Gasteiger partial charge in [-0.05, 0) is 30.2 Å². The molecule has 0 radical (unpaired) electrons. The highest BCUT2D eigenvalue weighted by Gasteiger charge is 2.22. The Bertz CT molecular complexity index is 1010. The van der Waals surface area contributed by atoms with E-state index >= 15 is 0 Å². The first-order chi connectivity index (χ1) is 13.6. The Morgan fingerprint density at radius 1 is 1.36 bits per heavy atom. The highest BCUT2D eigenvalue weighted by molar-refractivity contribution is 7.99. The van der Waals surface area contributed by atoms with Gasteiger partial charge in [0.1, 0.15) is 10.7 Å². The zero-order valence-electron chi connectivity index (χ0n) is 15.7. The molecule has 0 aromatic carbocycles. The van der Waals surface area contributed by atoms with Crippen molar-refractivity contribution >= 4 is 50.6 Å². The van der Waals surface area contributed by atoms with Gasteiger partial charge in [-0.25, -0.2) is 4.98 Å². The normalized spacial score (nSPS) is 19.8. The van der Waals surface area contributed by atoms with Crippen LogP contribution in [0.3, 0.4) is 0 Å². The van der Waals surface area contributed by atoms with Crippen LogP contribution in [0.15, 0.2) is 27.7 Å². The minimum absolute atomic E-state index is 0.0725. The molecule has 1 amide bonds. The number of carbonyl (C=O) groups excluding carboxylic acids is 1. The van der Waals surface area contributed by atoms with Crippen molar-refractivity contribution in [1.82, 2.24) is 15.3 Å². The van der Waals surface area contributed by atoms with Crippen LogP contribution in [0.4, 0.5) is 0 Å². The second kappa shape index (κ2) is 8.80. The minimum Gasteiger partial charge on any atom is -0.352 e. The summed E-state index contributed by atoms with van der Waals surface area (Å²) in [7, 11) is 0. The Hall–Kier alpha value is -1.64. The number of aromatic nitrogens is 2. The number of fused-ring (bicyclic) bond motifs is 1. The first kappa shape index (κ1) is 19.7. The molecule has 2 unspecified atom stereocenters. The van der Waals surface area contributed by atoms with Crippen molar-refractivity contribution in [3.05, 3.63) is 39.1 Å². The fraction of sp³-hybridized carbons (Fsp3) is 0.450. The van der Waals surface area contributed by atoms with Gasteiger partial charge in [-0.15, -0.1) is 34.4 Å². The Kier molecular flexibility index (Phi) is 6.18. The predicted octanol–water partition coefficient (Wildman–Crippen LogP) is 4.64. The van der Waals surface area contributed by atoms with Crippen LogP contribution >= 0.6 is 34.4 Å². The number of aromatic amines is 1. The lowest BCUT2D eigenvalue weighted by Crippen LogP contribution is -2.41. The van der Waals surface area contributed by atoms with Crippen molar-refractivity contribution in [3.8, 4) is 10.4 Å². The summed E-state index contributed by atoms with van der Waals surface area (Å²) in [6.07, 6.45) is 4.73. The van der Waals surface area contributed by atoms with Crippen molar-refractivity contribution in [1.29, 1.82) is 0 Å². The van der Waals surface area contributed by atoms with Gasteiger partial charge in [-0.3, -0.25) is 9.59 Å². The molecule has 0 aliphatic heterocycles. The SMILES string of the molecule is CC1CCCCC1NC(=O)CSCc1nc2scc(-c3cccs3)c2c(=O)[nH]1. The van der Waals surface area contributed by atoms with Crippen LogP contribution in [0.5, 0.6) is 0 Å². The van der Waals surface area contributed by atoms with Crippen molar-refractivity contribution < 1.29 is 4.79 Å². The number of thiophene rings is 2. The number of H-pyrrole nitrogens is 1. The van der Waals surface area contributed by atoms with Gasteiger partial charge in [0.05, 0.1) is 16.9 Å². The van der Waals surface area contributed by atoms with Gasteiger partial charge in [0.25, 0.3) is 5.56 Å². The van der Waals surface area contributed by atoms with Gasteiger partial charge in [0.2, 0.25) is 5.91 Å². The standard InChI is InChI=1S/C20H23N3O2S3/c1-12-5-2-3-6-14(12)21-17(24)11-26-10-16-22-19(25)18-13(9-28-20(18)23-16)15-7-4-8-27-15/h4,7-9,12,14H,2-3,5-6,10-11H2,1H3,(H,21,24)(H,22,23,25). The van der Waals surface area contributed by atoms with E-state index < -0.39 is 0 Å². The lowest BCUT2D eigenvalue weighted by Gasteiger charge is -2.29. The van der Waals surface area contributed by atoms with Crippen molar-refractivity contribution in [3.63, 3.8) is 0 Å². The summed E-state index contributed by atoms with van der Waals surface area (Å²) in [5.74, 6) is 2.16. The molecule has 0 saturated heterocycles. The molecule has 0 spiro atoms. The third-order valence-corrected chi connectivity index (χ3v) is 7.93. The van der Waals surface area contributed by atoms with Crippen LogP contribution < -0.4 is 10.9 Å². The van der Waals surface area contributed by atoms with E-state index in [2.05, 4.69) is 22.2 Å². The van der Waals surface area contributed by atoms with E-state index in [9.17, 15) is 9.59 Å². The first-order valence-electron chi connectivity index (χ1n) is 9.53. The van der Waals surface area contributed by atoms with Gasteiger partial charge in [-0.2, -0.15) is 0 Å². The van der Waals surface area contributed by atoms with Crippen LogP contribution in [-0.4, -0.2) is 27.7 Å². The van der Waals surface area contributed by atoms with E-state index in [1.807, 2.05) is 22.9 Å². The summed E-state index contributed by atoms with van der Waals surface area (Å²) in [6.45, 7) is 2.21. The Morgan fingerprint density at radius 3 is 3.00 bits per heavy atom. The van der Waals surface area contributed by atoms with Crippen molar-refractivity contribution in [2.24, 2.45) is 5.92 Å². The number of hydrogen-bond acceptors (Lipinski definition) is 6. The maximum Gasteiger partial charge on any atom is 0.260 e. The molecule has 1 fully saturated rings. The van der Waals surface area contributed by atoms with Crippen LogP contribution in [-0.2, 0) is 10.5 Å². The number of amides is 1. The second-order valence-corrected chi connectivity index (χ2v) is 10.0. The highest BCUT2D eigenvalue weighted by Crippen LogP contribution is 2.33. The van der Waals surface area contributed by atoms with Gasteiger partial charge >= 0.3 is 0 Å². The summed E-state index contributed by atoms with van der Waals surface area (Å²) in [4.78, 5) is 34.2. The van der Waals surface area contributed by atoms with E-state index in [4.69, 9.17) is 0 Å². The topological polar surface area (TPSA) is 74.8 Å². The monoisotopic (exact) mass is 433 g/mol. The summed E-state index contributed by atoms with van der Waals surface area (Å²) in [6, 6.07) is 4.30. The molecule has 28 heavy (non-hydrogen) atoms. The van der Waals surface area contributed by atoms with E-state index in [0.717, 1.165) is 21.7 Å². The number of nitrogens with zero attached hydrogens (tertiary/aromatic N) is 1. The molecule has 0 bridgehead atoms. The molecule has 8 heteroatoms. The highest BCUT2D eigenvalue weighted by atomic mass is 32.2. The molecule has 5 nitrogen and oxygen atoms in total. The predicted molar refractivity (Wildman–Crippen MR) is 119 cm³/mol. The maximum absolute atomic E-state index is 12.6. The lowest BCUT2D eigenvalue weighted by molar-refractivity contribution is -0.119. The number of rotatable bonds is 6. The fourth-order valence-corrected chi connectivity index (χ4v) is 6.18.